The number of thiazole rings is 1. The van der Waals surface area contributed by atoms with Crippen LogP contribution in [0.25, 0.3) is 0 Å². The number of hydrogen-bond donors (Lipinski definition) is 0. The van der Waals surface area contributed by atoms with Crippen molar-refractivity contribution < 1.29 is 4.92 Å². The zero-order valence-electron chi connectivity index (χ0n) is 12.3. The van der Waals surface area contributed by atoms with Gasteiger partial charge in [0.25, 0.3) is 0 Å². The van der Waals surface area contributed by atoms with Gasteiger partial charge < -0.3 is 4.90 Å². The number of aromatic nitrogens is 2. The number of nitrogens with zero attached hydrogens (tertiary/aromatic N) is 5. The van der Waals surface area contributed by atoms with Crippen molar-refractivity contribution in [3.05, 3.63) is 44.5 Å². The van der Waals surface area contributed by atoms with Crippen molar-refractivity contribution >= 4 is 22.8 Å². The maximum atomic E-state index is 11.1. The Morgan fingerprint density at radius 2 is 2.14 bits per heavy atom. The van der Waals surface area contributed by atoms with Crippen LogP contribution in [0.4, 0.5) is 11.5 Å². The molecule has 0 radical (unpaired) electrons. The summed E-state index contributed by atoms with van der Waals surface area (Å²) in [6, 6.07) is 3.11. The van der Waals surface area contributed by atoms with Crippen LogP contribution in [-0.2, 0) is 6.54 Å². The molecule has 0 aromatic carbocycles. The van der Waals surface area contributed by atoms with Gasteiger partial charge in [-0.25, -0.2) is 9.97 Å². The van der Waals surface area contributed by atoms with E-state index in [0.717, 1.165) is 43.4 Å². The zero-order valence-corrected chi connectivity index (χ0v) is 13.1. The van der Waals surface area contributed by atoms with Gasteiger partial charge in [0, 0.05) is 50.4 Å². The first-order chi connectivity index (χ1) is 10.6. The zero-order chi connectivity index (χ0) is 15.5. The first-order valence-electron chi connectivity index (χ1n) is 7.11. The molecule has 8 heteroatoms. The summed E-state index contributed by atoms with van der Waals surface area (Å²) in [5, 5.41) is 14.3. The molecule has 0 unspecified atom stereocenters. The fourth-order valence-corrected chi connectivity index (χ4v) is 3.21. The molecule has 1 aliphatic rings. The number of rotatable bonds is 4. The minimum Gasteiger partial charge on any atom is -0.348 e. The van der Waals surface area contributed by atoms with Crippen molar-refractivity contribution in [1.29, 1.82) is 0 Å². The first kappa shape index (κ1) is 14.9. The van der Waals surface area contributed by atoms with Crippen LogP contribution >= 0.6 is 11.3 Å². The van der Waals surface area contributed by atoms with E-state index in [1.165, 1.54) is 6.07 Å². The summed E-state index contributed by atoms with van der Waals surface area (Å²) in [6.07, 6.45) is 1.60. The molecule has 2 aromatic heterocycles. The average molecular weight is 319 g/mol. The van der Waals surface area contributed by atoms with E-state index in [4.69, 9.17) is 0 Å². The summed E-state index contributed by atoms with van der Waals surface area (Å²) in [6.45, 7) is 6.02. The van der Waals surface area contributed by atoms with E-state index in [-0.39, 0.29) is 10.6 Å². The Hall–Kier alpha value is -2.06. The van der Waals surface area contributed by atoms with Crippen LogP contribution in [0.3, 0.4) is 0 Å². The maximum Gasteiger partial charge on any atom is 0.311 e. The minimum atomic E-state index is -0.368. The number of nitro groups is 1. The minimum absolute atomic E-state index is 0.0751. The topological polar surface area (TPSA) is 75.4 Å². The molecule has 116 valence electrons. The number of anilines is 1. The Kier molecular flexibility index (Phi) is 4.30. The molecule has 0 atom stereocenters. The predicted molar refractivity (Wildman–Crippen MR) is 85.2 cm³/mol. The van der Waals surface area contributed by atoms with Crippen molar-refractivity contribution in [3.8, 4) is 0 Å². The largest absolute Gasteiger partial charge is 0.348 e. The molecule has 0 N–H and O–H groups in total. The fourth-order valence-electron chi connectivity index (χ4n) is 2.60. The van der Waals surface area contributed by atoms with E-state index >= 15 is 0 Å². The lowest BCUT2D eigenvalue weighted by Gasteiger charge is -2.34. The van der Waals surface area contributed by atoms with Crippen molar-refractivity contribution in [3.63, 3.8) is 0 Å². The monoisotopic (exact) mass is 319 g/mol. The molecule has 22 heavy (non-hydrogen) atoms. The molecule has 0 bridgehead atoms. The predicted octanol–water partition coefficient (Wildman–Crippen LogP) is 2.08. The maximum absolute atomic E-state index is 11.1. The van der Waals surface area contributed by atoms with Gasteiger partial charge >= 0.3 is 5.69 Å². The van der Waals surface area contributed by atoms with Gasteiger partial charge in [0.05, 0.1) is 15.6 Å². The van der Waals surface area contributed by atoms with Gasteiger partial charge in [0.1, 0.15) is 0 Å². The third-order valence-corrected chi connectivity index (χ3v) is 4.51. The van der Waals surface area contributed by atoms with Gasteiger partial charge in [-0.3, -0.25) is 15.0 Å². The molecule has 0 aliphatic carbocycles. The molecule has 2 aromatic rings. The lowest BCUT2D eigenvalue weighted by atomic mass is 10.2. The molecule has 1 saturated heterocycles. The molecular formula is C14H17N5O2S. The van der Waals surface area contributed by atoms with Crippen LogP contribution in [0.5, 0.6) is 0 Å². The number of piperazine rings is 1. The average Bonchev–Trinajstić information content (AvgIpc) is 2.93. The Labute approximate surface area is 132 Å². The van der Waals surface area contributed by atoms with Crippen LogP contribution in [0, 0.1) is 17.0 Å². The highest BCUT2D eigenvalue weighted by atomic mass is 32.1. The molecule has 0 amide bonds. The summed E-state index contributed by atoms with van der Waals surface area (Å²) in [5.74, 6) is 0.469. The second-order valence-electron chi connectivity index (χ2n) is 5.22. The van der Waals surface area contributed by atoms with Crippen molar-refractivity contribution in [2.75, 3.05) is 31.1 Å². The Balaban J connectivity index is 1.63. The summed E-state index contributed by atoms with van der Waals surface area (Å²) in [5.41, 5.74) is 1.17. The molecule has 1 fully saturated rings. The van der Waals surface area contributed by atoms with Crippen molar-refractivity contribution in [1.82, 2.24) is 14.9 Å². The van der Waals surface area contributed by atoms with Crippen LogP contribution in [-0.4, -0.2) is 46.0 Å². The molecule has 0 saturated carbocycles. The van der Waals surface area contributed by atoms with Crippen LogP contribution in [0.2, 0.25) is 0 Å². The highest BCUT2D eigenvalue weighted by molar-refractivity contribution is 7.09. The Morgan fingerprint density at radius 1 is 1.36 bits per heavy atom. The van der Waals surface area contributed by atoms with E-state index in [0.29, 0.717) is 5.82 Å². The molecule has 0 spiro atoms. The highest BCUT2D eigenvalue weighted by Crippen LogP contribution is 2.25. The number of pyridine rings is 1. The fraction of sp³-hybridized carbons (Fsp3) is 0.429. The summed E-state index contributed by atoms with van der Waals surface area (Å²) in [4.78, 5) is 23.7. The molecule has 7 nitrogen and oxygen atoms in total. The lowest BCUT2D eigenvalue weighted by molar-refractivity contribution is -0.384. The van der Waals surface area contributed by atoms with Gasteiger partial charge in [-0.1, -0.05) is 0 Å². The highest BCUT2D eigenvalue weighted by Gasteiger charge is 2.24. The van der Waals surface area contributed by atoms with E-state index in [1.54, 1.807) is 23.6 Å². The second kappa shape index (κ2) is 6.37. The van der Waals surface area contributed by atoms with E-state index < -0.39 is 0 Å². The van der Waals surface area contributed by atoms with Gasteiger partial charge in [0.2, 0.25) is 5.82 Å². The standard InChI is InChI=1S/C14H17N5O2S/c1-11-16-12(10-22-11)9-17-5-7-18(8-6-17)14-13(19(20)21)3-2-4-15-14/h2-4,10H,5-9H2,1H3. The Bertz CT molecular complexity index is 667. The Morgan fingerprint density at radius 3 is 2.77 bits per heavy atom. The number of aryl methyl sites for hydroxylation is 1. The van der Waals surface area contributed by atoms with Crippen molar-refractivity contribution in [2.24, 2.45) is 0 Å². The smallest absolute Gasteiger partial charge is 0.311 e. The first-order valence-corrected chi connectivity index (χ1v) is 7.99. The summed E-state index contributed by atoms with van der Waals surface area (Å²) in [7, 11) is 0. The third kappa shape index (κ3) is 3.23. The van der Waals surface area contributed by atoms with E-state index in [2.05, 4.69) is 20.2 Å². The molecule has 3 rings (SSSR count). The molecule has 3 heterocycles. The van der Waals surface area contributed by atoms with Gasteiger partial charge in [-0.15, -0.1) is 11.3 Å². The van der Waals surface area contributed by atoms with Gasteiger partial charge in [-0.2, -0.15) is 0 Å². The van der Waals surface area contributed by atoms with Crippen LogP contribution in [0.1, 0.15) is 10.7 Å². The normalized spacial score (nSPS) is 16.0. The molecule has 1 aliphatic heterocycles. The summed E-state index contributed by atoms with van der Waals surface area (Å²) < 4.78 is 0. The van der Waals surface area contributed by atoms with Gasteiger partial charge in [0.15, 0.2) is 0 Å². The quantitative estimate of drug-likeness (QED) is 0.634. The number of hydrogen-bond acceptors (Lipinski definition) is 7. The third-order valence-electron chi connectivity index (χ3n) is 3.69. The lowest BCUT2D eigenvalue weighted by Crippen LogP contribution is -2.46. The second-order valence-corrected chi connectivity index (χ2v) is 6.29. The summed E-state index contributed by atoms with van der Waals surface area (Å²) >= 11 is 1.66. The van der Waals surface area contributed by atoms with E-state index in [9.17, 15) is 10.1 Å². The molecular weight excluding hydrogens is 302 g/mol. The SMILES string of the molecule is Cc1nc(CN2CCN(c3ncccc3[N+](=O)[O-])CC2)cs1. The van der Waals surface area contributed by atoms with Crippen LogP contribution in [0.15, 0.2) is 23.7 Å². The van der Waals surface area contributed by atoms with Gasteiger partial charge in [-0.05, 0) is 13.0 Å². The van der Waals surface area contributed by atoms with Crippen LogP contribution < -0.4 is 4.90 Å². The van der Waals surface area contributed by atoms with Crippen molar-refractivity contribution in [2.45, 2.75) is 13.5 Å². The van der Waals surface area contributed by atoms with E-state index in [1.807, 2.05) is 11.8 Å².